The Balaban J connectivity index is 1.60. The molecule has 1 N–H and O–H groups in total. The van der Waals surface area contributed by atoms with Gasteiger partial charge >= 0.3 is 0 Å². The summed E-state index contributed by atoms with van der Waals surface area (Å²) >= 11 is 0. The number of methoxy groups -OCH3 is 1. The number of benzene rings is 2. The molecule has 2 aromatic heterocycles. The summed E-state index contributed by atoms with van der Waals surface area (Å²) in [5.74, 6) is 0.344. The summed E-state index contributed by atoms with van der Waals surface area (Å²) in [6.45, 7) is 3.77. The average Bonchev–Trinajstić information content (AvgIpc) is 3.65. The Bertz CT molecular complexity index is 1670. The maximum Gasteiger partial charge on any atom is 0.264 e. The van der Waals surface area contributed by atoms with E-state index in [2.05, 4.69) is 9.71 Å². The monoisotopic (exact) mass is 530 g/mol. The summed E-state index contributed by atoms with van der Waals surface area (Å²) in [6.07, 6.45) is 0.397. The highest BCUT2D eigenvalue weighted by Gasteiger charge is 2.64. The lowest BCUT2D eigenvalue weighted by Gasteiger charge is -2.22. The minimum Gasteiger partial charge on any atom is -0.496 e. The van der Waals surface area contributed by atoms with Crippen LogP contribution in [-0.2, 0) is 20.2 Å². The summed E-state index contributed by atoms with van der Waals surface area (Å²) < 4.78 is 35.3. The van der Waals surface area contributed by atoms with Crippen LogP contribution in [0.1, 0.15) is 34.9 Å². The fourth-order valence-corrected chi connectivity index (χ4v) is 6.33. The molecule has 0 saturated heterocycles. The molecule has 4 aromatic rings. The molecule has 2 aromatic carbocycles. The van der Waals surface area contributed by atoms with Crippen LogP contribution in [0.5, 0.6) is 5.75 Å². The third-order valence-corrected chi connectivity index (χ3v) is 8.51. The number of nitrogens with one attached hydrogen (secondary N) is 1. The number of anilines is 1. The van der Waals surface area contributed by atoms with Gasteiger partial charge < -0.3 is 9.64 Å². The Kier molecular flexibility index (Phi) is 6.35. The number of carbonyl (C=O) groups excluding carboxylic acids is 1. The molecule has 1 aliphatic carbocycles. The van der Waals surface area contributed by atoms with E-state index in [1.807, 2.05) is 69.2 Å². The summed E-state index contributed by atoms with van der Waals surface area (Å²) in [5.41, 5.74) is 2.45. The number of pyridine rings is 2. The third kappa shape index (κ3) is 4.36. The SMILES string of the molecule is COc1ccc(C)cc1[C@]1(C(=O)NS(=O)(=O)c2cccc3nc(C)ccc23)C[C@@H]1c1cccc(N(C)C)n1. The second-order valence-corrected chi connectivity index (χ2v) is 11.6. The van der Waals surface area contributed by atoms with Crippen LogP contribution in [0.3, 0.4) is 0 Å². The van der Waals surface area contributed by atoms with Gasteiger partial charge in [0.15, 0.2) is 0 Å². The maximum absolute atomic E-state index is 14.1. The highest BCUT2D eigenvalue weighted by molar-refractivity contribution is 7.90. The van der Waals surface area contributed by atoms with Crippen molar-refractivity contribution in [2.45, 2.75) is 36.5 Å². The predicted octanol–water partition coefficient (Wildman–Crippen LogP) is 4.25. The number of sulfonamides is 1. The second-order valence-electron chi connectivity index (χ2n) is 9.96. The smallest absolute Gasteiger partial charge is 0.264 e. The Hall–Kier alpha value is -3.98. The first-order valence-electron chi connectivity index (χ1n) is 12.3. The summed E-state index contributed by atoms with van der Waals surface area (Å²) in [5, 5.41) is 0.452. The molecular weight excluding hydrogens is 500 g/mol. The largest absolute Gasteiger partial charge is 0.496 e. The van der Waals surface area contributed by atoms with Gasteiger partial charge in [-0.05, 0) is 62.7 Å². The van der Waals surface area contributed by atoms with Gasteiger partial charge in [0, 0.05) is 42.4 Å². The Morgan fingerprint density at radius 2 is 1.79 bits per heavy atom. The molecule has 1 amide bonds. The molecule has 0 radical (unpaired) electrons. The maximum atomic E-state index is 14.1. The van der Waals surface area contributed by atoms with Gasteiger partial charge in [-0.15, -0.1) is 0 Å². The Morgan fingerprint density at radius 3 is 2.53 bits per heavy atom. The van der Waals surface area contributed by atoms with Crippen LogP contribution in [0.15, 0.2) is 71.6 Å². The highest BCUT2D eigenvalue weighted by Crippen LogP contribution is 2.62. The molecule has 196 valence electrons. The van der Waals surface area contributed by atoms with E-state index in [-0.39, 0.29) is 10.8 Å². The van der Waals surface area contributed by atoms with Crippen LogP contribution in [-0.4, -0.2) is 45.5 Å². The van der Waals surface area contributed by atoms with Gasteiger partial charge in [-0.3, -0.25) is 9.78 Å². The number of hydrogen-bond donors (Lipinski definition) is 1. The summed E-state index contributed by atoms with van der Waals surface area (Å²) in [6, 6.07) is 19.6. The van der Waals surface area contributed by atoms with Crippen molar-refractivity contribution in [1.29, 1.82) is 0 Å². The van der Waals surface area contributed by atoms with E-state index in [1.165, 1.54) is 6.07 Å². The number of amides is 1. The molecule has 0 unspecified atom stereocenters. The normalized spacial score (nSPS) is 18.7. The van der Waals surface area contributed by atoms with E-state index in [9.17, 15) is 13.2 Å². The standard InChI is InChI=1S/C29H30N4O4S/c1-18-12-15-25(37-5)21(16-18)29(17-22(29)24-9-7-11-27(31-24)33(3)4)28(34)32-38(35,36)26-10-6-8-23-20(26)14-13-19(2)30-23/h6-16,22H,17H2,1-5H3,(H,32,34)/t22-,29-/m1/s1. The first-order chi connectivity index (χ1) is 18.1. The molecule has 38 heavy (non-hydrogen) atoms. The fourth-order valence-electron chi connectivity index (χ4n) is 5.08. The van der Waals surface area contributed by atoms with Crippen molar-refractivity contribution >= 4 is 32.7 Å². The van der Waals surface area contributed by atoms with Crippen molar-refractivity contribution in [2.24, 2.45) is 0 Å². The van der Waals surface area contributed by atoms with Gasteiger partial charge in [-0.25, -0.2) is 18.1 Å². The van der Waals surface area contributed by atoms with E-state index < -0.39 is 21.3 Å². The van der Waals surface area contributed by atoms with Crippen LogP contribution in [0.4, 0.5) is 5.82 Å². The number of fused-ring (bicyclic) bond motifs is 1. The highest BCUT2D eigenvalue weighted by atomic mass is 32.2. The topological polar surface area (TPSA) is 101 Å². The van der Waals surface area contributed by atoms with Gasteiger partial charge in [0.1, 0.15) is 11.6 Å². The zero-order valence-corrected chi connectivity index (χ0v) is 22.8. The van der Waals surface area contributed by atoms with Crippen LogP contribution >= 0.6 is 0 Å². The van der Waals surface area contributed by atoms with Crippen LogP contribution < -0.4 is 14.4 Å². The number of nitrogens with zero attached hydrogens (tertiary/aromatic N) is 3. The molecule has 1 fully saturated rings. The molecule has 2 heterocycles. The van der Waals surface area contributed by atoms with Gasteiger partial charge in [0.25, 0.3) is 10.0 Å². The van der Waals surface area contributed by atoms with E-state index in [0.29, 0.717) is 28.6 Å². The molecule has 5 rings (SSSR count). The average molecular weight is 531 g/mol. The lowest BCUT2D eigenvalue weighted by Crippen LogP contribution is -2.40. The van der Waals surface area contributed by atoms with E-state index in [1.54, 1.807) is 31.4 Å². The first-order valence-corrected chi connectivity index (χ1v) is 13.8. The van der Waals surface area contributed by atoms with Crippen molar-refractivity contribution < 1.29 is 17.9 Å². The van der Waals surface area contributed by atoms with Crippen LogP contribution in [0.25, 0.3) is 10.9 Å². The van der Waals surface area contributed by atoms with E-state index in [0.717, 1.165) is 22.8 Å². The van der Waals surface area contributed by atoms with Crippen molar-refractivity contribution in [2.75, 3.05) is 26.1 Å². The second kappa shape index (κ2) is 9.40. The molecule has 1 saturated carbocycles. The fraction of sp³-hybridized carbons (Fsp3) is 0.276. The lowest BCUT2D eigenvalue weighted by molar-refractivity contribution is -0.122. The number of carbonyl (C=O) groups is 1. The number of rotatable bonds is 7. The molecule has 0 spiro atoms. The number of ether oxygens (including phenoxy) is 1. The lowest BCUT2D eigenvalue weighted by atomic mass is 9.89. The molecule has 2 atom stereocenters. The van der Waals surface area contributed by atoms with Crippen LogP contribution in [0.2, 0.25) is 0 Å². The Labute approximate surface area is 222 Å². The van der Waals surface area contributed by atoms with Gasteiger partial charge in [-0.1, -0.05) is 29.8 Å². The molecule has 8 nitrogen and oxygen atoms in total. The molecule has 0 aliphatic heterocycles. The van der Waals surface area contributed by atoms with Crippen molar-refractivity contribution in [1.82, 2.24) is 14.7 Å². The molecule has 9 heteroatoms. The number of aromatic nitrogens is 2. The minimum atomic E-state index is -4.22. The van der Waals surface area contributed by atoms with Crippen molar-refractivity contribution in [3.63, 3.8) is 0 Å². The minimum absolute atomic E-state index is 0.00661. The summed E-state index contributed by atoms with van der Waals surface area (Å²) in [7, 11) is 1.13. The van der Waals surface area contributed by atoms with Gasteiger partial charge in [-0.2, -0.15) is 0 Å². The van der Waals surface area contributed by atoms with E-state index >= 15 is 0 Å². The zero-order valence-electron chi connectivity index (χ0n) is 22.0. The van der Waals surface area contributed by atoms with Gasteiger partial charge in [0.2, 0.25) is 5.91 Å². The number of aryl methyl sites for hydroxylation is 2. The predicted molar refractivity (Wildman–Crippen MR) is 147 cm³/mol. The quantitative estimate of drug-likeness (QED) is 0.381. The van der Waals surface area contributed by atoms with Crippen LogP contribution in [0, 0.1) is 13.8 Å². The third-order valence-electron chi connectivity index (χ3n) is 7.12. The molecule has 0 bridgehead atoms. The Morgan fingerprint density at radius 1 is 1.03 bits per heavy atom. The first kappa shape index (κ1) is 25.7. The number of hydrogen-bond acceptors (Lipinski definition) is 7. The van der Waals surface area contributed by atoms with Crippen molar-refractivity contribution in [3.05, 3.63) is 89.2 Å². The van der Waals surface area contributed by atoms with E-state index in [4.69, 9.17) is 9.72 Å². The van der Waals surface area contributed by atoms with Gasteiger partial charge in [0.05, 0.1) is 22.9 Å². The zero-order chi connectivity index (χ0) is 27.2. The summed E-state index contributed by atoms with van der Waals surface area (Å²) in [4.78, 5) is 25.2. The molecular formula is C29H30N4O4S. The van der Waals surface area contributed by atoms with Crippen molar-refractivity contribution in [3.8, 4) is 5.75 Å². The molecule has 1 aliphatic rings.